The zero-order chi connectivity index (χ0) is 9.14. The normalized spacial score (nSPS) is 8.85. The van der Waals surface area contributed by atoms with Crippen molar-refractivity contribution in [1.82, 2.24) is 15.0 Å². The molecule has 0 aliphatic carbocycles. The monoisotopic (exact) mass is 359 g/mol. The number of hydrogen-bond acceptors (Lipinski definition) is 5. The summed E-state index contributed by atoms with van der Waals surface area (Å²) in [7, 11) is 1.24. The van der Waals surface area contributed by atoms with Crippen molar-refractivity contribution in [3.8, 4) is 6.01 Å². The Balaban J connectivity index is 0.00000144. The van der Waals surface area contributed by atoms with Crippen LogP contribution in [0.3, 0.4) is 0 Å². The summed E-state index contributed by atoms with van der Waals surface area (Å²) in [5.41, 5.74) is 5.08. The third-order valence-electron chi connectivity index (χ3n) is 0.984. The van der Waals surface area contributed by atoms with Gasteiger partial charge in [-0.1, -0.05) is 0 Å². The average Bonchev–Trinajstić information content (AvgIpc) is 2.03. The molecule has 0 aromatic carbocycles. The summed E-state index contributed by atoms with van der Waals surface area (Å²) in [5, 5.41) is 0. The van der Waals surface area contributed by atoms with Crippen molar-refractivity contribution in [2.24, 2.45) is 0 Å². The van der Waals surface area contributed by atoms with Gasteiger partial charge in [0, 0.05) is 6.43 Å². The maximum absolute atomic E-state index is 11.9. The number of ether oxygens (including phenoxy) is 1. The number of hydrogen-bond donors (Lipinski definition) is 1. The van der Waals surface area contributed by atoms with Crippen LogP contribution in [0.1, 0.15) is 5.82 Å². The van der Waals surface area contributed by atoms with Gasteiger partial charge < -0.3 is 19.3 Å². The molecule has 1 aromatic heterocycles. The van der Waals surface area contributed by atoms with Crippen molar-refractivity contribution in [2.75, 3.05) is 12.8 Å². The Morgan fingerprint density at radius 3 is 2.38 bits per heavy atom. The molecule has 0 fully saturated rings. The Bertz CT molecular complexity index is 285. The smallest absolute Gasteiger partial charge is 0.467 e. The van der Waals surface area contributed by atoms with Crippen LogP contribution in [0, 0.1) is 6.43 Å². The van der Waals surface area contributed by atoms with Crippen LogP contribution < -0.4 is 10.5 Å². The summed E-state index contributed by atoms with van der Waals surface area (Å²) in [5.74, 6) is -1.07. The van der Waals surface area contributed by atoms with E-state index in [1.807, 2.05) is 0 Å². The standard InChI is InChI=1S/C5H5F2N4O.W/c1-12-5-10-3(2(6)7)9-4(8)11-5;/h1H3,(H2,8,9,10,11);/q-1;+2. The van der Waals surface area contributed by atoms with E-state index >= 15 is 0 Å². The molecule has 0 saturated carbocycles. The molecule has 2 N–H and O–H groups in total. The molecule has 0 aliphatic heterocycles. The zero-order valence-electron chi connectivity index (χ0n) is 6.49. The van der Waals surface area contributed by atoms with Gasteiger partial charge in [-0.05, 0) is 0 Å². The second-order valence-electron chi connectivity index (χ2n) is 1.76. The molecule has 70 valence electrons. The van der Waals surface area contributed by atoms with Gasteiger partial charge >= 0.3 is 27.1 Å². The molecular formula is C5H5F2N4OW+. The van der Waals surface area contributed by atoms with E-state index in [-0.39, 0.29) is 33.0 Å². The van der Waals surface area contributed by atoms with Gasteiger partial charge in [0.25, 0.3) is 0 Å². The van der Waals surface area contributed by atoms with E-state index in [1.54, 1.807) is 0 Å². The molecular weight excluding hydrogens is 354 g/mol. The third-order valence-corrected chi connectivity index (χ3v) is 0.984. The van der Waals surface area contributed by atoms with E-state index in [9.17, 15) is 8.78 Å². The minimum atomic E-state index is -2.03. The van der Waals surface area contributed by atoms with Crippen molar-refractivity contribution in [2.45, 2.75) is 0 Å². The molecule has 0 atom stereocenters. The predicted octanol–water partition coefficient (Wildman–Crippen LogP) is 0.236. The first-order valence-corrected chi connectivity index (χ1v) is 2.87. The van der Waals surface area contributed by atoms with E-state index in [0.717, 1.165) is 0 Å². The number of aromatic nitrogens is 3. The summed E-state index contributed by atoms with van der Waals surface area (Å²) in [6.45, 7) is 0. The molecule has 0 bridgehead atoms. The van der Waals surface area contributed by atoms with Gasteiger partial charge in [0.2, 0.25) is 5.95 Å². The molecule has 1 heterocycles. The van der Waals surface area contributed by atoms with E-state index in [1.165, 1.54) is 7.11 Å². The van der Waals surface area contributed by atoms with Crippen LogP contribution in [0.15, 0.2) is 0 Å². The topological polar surface area (TPSA) is 73.9 Å². The Kier molecular flexibility index (Phi) is 4.54. The Labute approximate surface area is 87.0 Å². The van der Waals surface area contributed by atoms with Crippen LogP contribution in [0.25, 0.3) is 0 Å². The van der Waals surface area contributed by atoms with E-state index in [4.69, 9.17) is 5.73 Å². The fourth-order valence-electron chi connectivity index (χ4n) is 0.548. The molecule has 13 heavy (non-hydrogen) atoms. The number of nitrogen functional groups attached to an aromatic ring is 1. The van der Waals surface area contributed by atoms with Crippen molar-refractivity contribution >= 4 is 5.95 Å². The van der Waals surface area contributed by atoms with E-state index in [0.29, 0.717) is 0 Å². The maximum atomic E-state index is 11.9. The molecule has 1 aromatic rings. The molecule has 0 radical (unpaired) electrons. The quantitative estimate of drug-likeness (QED) is 0.766. The minimum Gasteiger partial charge on any atom is -0.467 e. The Morgan fingerprint density at radius 2 is 1.92 bits per heavy atom. The van der Waals surface area contributed by atoms with Crippen LogP contribution in [0.2, 0.25) is 0 Å². The largest absolute Gasteiger partial charge is 2.00 e. The number of anilines is 1. The van der Waals surface area contributed by atoms with Crippen LogP contribution in [0.5, 0.6) is 6.01 Å². The molecule has 0 saturated heterocycles. The second kappa shape index (κ2) is 4.91. The summed E-state index contributed by atoms with van der Waals surface area (Å²) in [6.07, 6.45) is -2.03. The molecule has 0 unspecified atom stereocenters. The summed E-state index contributed by atoms with van der Waals surface area (Å²) < 4.78 is 28.3. The maximum Gasteiger partial charge on any atom is 2.00 e. The van der Waals surface area contributed by atoms with Crippen molar-refractivity contribution in [1.29, 1.82) is 0 Å². The molecule has 1 rings (SSSR count). The fourth-order valence-corrected chi connectivity index (χ4v) is 0.548. The number of halogens is 2. The van der Waals surface area contributed by atoms with Crippen molar-refractivity contribution in [3.63, 3.8) is 0 Å². The first kappa shape index (κ1) is 12.0. The van der Waals surface area contributed by atoms with Crippen molar-refractivity contribution in [3.05, 3.63) is 12.2 Å². The van der Waals surface area contributed by atoms with Crippen LogP contribution >= 0.6 is 0 Å². The summed E-state index contributed by atoms with van der Waals surface area (Å²) in [4.78, 5) is 9.83. The fraction of sp³-hybridized carbons (Fsp3) is 0.200. The van der Waals surface area contributed by atoms with Gasteiger partial charge in [0.1, 0.15) is 0 Å². The van der Waals surface area contributed by atoms with Gasteiger partial charge in [-0.2, -0.15) is 4.98 Å². The number of nitrogens with two attached hydrogens (primary N) is 1. The van der Waals surface area contributed by atoms with Gasteiger partial charge in [-0.25, -0.2) is 9.97 Å². The number of methoxy groups -OCH3 is 1. The van der Waals surface area contributed by atoms with Gasteiger partial charge in [0.05, 0.1) is 12.9 Å². The Morgan fingerprint density at radius 1 is 1.31 bits per heavy atom. The molecule has 0 aliphatic rings. The SMILES string of the molecule is COc1nc(N)nc([C-](F)F)n1.[W+2]. The van der Waals surface area contributed by atoms with Crippen LogP contribution in [-0.2, 0) is 21.1 Å². The van der Waals surface area contributed by atoms with Gasteiger partial charge in [0.15, 0.2) is 0 Å². The third kappa shape index (κ3) is 3.10. The number of rotatable bonds is 2. The number of nitrogens with zero attached hydrogens (tertiary/aromatic N) is 3. The zero-order valence-corrected chi connectivity index (χ0v) is 9.42. The van der Waals surface area contributed by atoms with E-state index < -0.39 is 12.2 Å². The minimum absolute atomic E-state index is 0. The Hall–Kier alpha value is -0.972. The molecule has 5 nitrogen and oxygen atoms in total. The molecule has 0 amide bonds. The molecule has 0 spiro atoms. The summed E-state index contributed by atoms with van der Waals surface area (Å²) >= 11 is 0. The van der Waals surface area contributed by atoms with Crippen LogP contribution in [0.4, 0.5) is 14.7 Å². The average molecular weight is 359 g/mol. The summed E-state index contributed by atoms with van der Waals surface area (Å²) in [6, 6.07) is -0.231. The van der Waals surface area contributed by atoms with Crippen LogP contribution in [-0.4, -0.2) is 22.1 Å². The predicted molar refractivity (Wildman–Crippen MR) is 35.4 cm³/mol. The van der Waals surface area contributed by atoms with Crippen molar-refractivity contribution < 1.29 is 34.6 Å². The first-order chi connectivity index (χ1) is 5.63. The second-order valence-corrected chi connectivity index (χ2v) is 1.76. The van der Waals surface area contributed by atoms with E-state index in [2.05, 4.69) is 19.7 Å². The first-order valence-electron chi connectivity index (χ1n) is 2.87. The van der Waals surface area contributed by atoms with Gasteiger partial charge in [-0.3, -0.25) is 0 Å². The van der Waals surface area contributed by atoms with Gasteiger partial charge in [-0.15, -0.1) is 0 Å². The molecule has 8 heteroatoms.